The van der Waals surface area contributed by atoms with E-state index in [0.717, 1.165) is 5.56 Å². The quantitative estimate of drug-likeness (QED) is 0.830. The summed E-state index contributed by atoms with van der Waals surface area (Å²) in [5.41, 5.74) is 2.36. The van der Waals surface area contributed by atoms with E-state index in [1.165, 1.54) is 29.0 Å². The third-order valence-electron chi connectivity index (χ3n) is 4.02. The number of anilines is 1. The summed E-state index contributed by atoms with van der Waals surface area (Å²) in [6, 6.07) is 6.37. The molecule has 2 aromatic rings. The molecule has 0 unspecified atom stereocenters. The number of carbonyl (C=O) groups excluding carboxylic acids is 2. The van der Waals surface area contributed by atoms with Gasteiger partial charge in [0.2, 0.25) is 16.9 Å². The molecule has 1 saturated heterocycles. The molecule has 0 aliphatic carbocycles. The molecule has 1 fully saturated rings. The van der Waals surface area contributed by atoms with Gasteiger partial charge in [-0.2, -0.15) is 0 Å². The number of benzene rings is 1. The van der Waals surface area contributed by atoms with Crippen LogP contribution in [-0.4, -0.2) is 52.7 Å². The Hall–Kier alpha value is -2.39. The third kappa shape index (κ3) is 5.30. The van der Waals surface area contributed by atoms with E-state index < -0.39 is 0 Å². The number of nitrogens with one attached hydrogen (secondary N) is 1. The second-order valence-corrected chi connectivity index (χ2v) is 6.79. The number of nitrogens with zero attached hydrogens (tertiary/aromatic N) is 3. The van der Waals surface area contributed by atoms with Crippen LogP contribution in [0.15, 0.2) is 29.8 Å². The number of amides is 2. The van der Waals surface area contributed by atoms with E-state index in [4.69, 9.17) is 4.74 Å². The number of morpholine rings is 1. The maximum atomic E-state index is 13.3. The molecule has 3 rings (SSSR count). The Labute approximate surface area is 154 Å². The average molecular weight is 378 g/mol. The van der Waals surface area contributed by atoms with Crippen LogP contribution in [0.4, 0.5) is 9.52 Å². The van der Waals surface area contributed by atoms with E-state index in [1.54, 1.807) is 11.0 Å². The lowest BCUT2D eigenvalue weighted by Crippen LogP contribution is -2.46. The molecule has 26 heavy (non-hydrogen) atoms. The first kappa shape index (κ1) is 18.4. The van der Waals surface area contributed by atoms with Crippen LogP contribution in [0.1, 0.15) is 18.4 Å². The summed E-state index contributed by atoms with van der Waals surface area (Å²) in [4.78, 5) is 25.9. The van der Waals surface area contributed by atoms with Crippen molar-refractivity contribution in [3.05, 3.63) is 41.2 Å². The van der Waals surface area contributed by atoms with Gasteiger partial charge >= 0.3 is 0 Å². The average Bonchev–Trinajstić information content (AvgIpc) is 3.13. The number of hydrogen-bond acceptors (Lipinski definition) is 6. The molecule has 1 aromatic carbocycles. The normalized spacial score (nSPS) is 17.1. The molecular weight excluding hydrogens is 359 g/mol. The van der Waals surface area contributed by atoms with Crippen LogP contribution in [0, 0.1) is 5.82 Å². The SMILES string of the molecule is O=C(CCC(=O)N1CCO[C@@H](Cc2cccc(F)c2)C1)Nc1nncs1. The smallest absolute Gasteiger partial charge is 0.226 e. The van der Waals surface area contributed by atoms with Gasteiger partial charge in [0.1, 0.15) is 11.3 Å². The Morgan fingerprint density at radius 2 is 2.27 bits per heavy atom. The lowest BCUT2D eigenvalue weighted by atomic mass is 10.1. The highest BCUT2D eigenvalue weighted by Gasteiger charge is 2.24. The Balaban J connectivity index is 1.46. The van der Waals surface area contributed by atoms with Crippen molar-refractivity contribution in [1.29, 1.82) is 0 Å². The number of hydrogen-bond donors (Lipinski definition) is 1. The molecule has 1 N–H and O–H groups in total. The van der Waals surface area contributed by atoms with Crippen LogP contribution in [0.3, 0.4) is 0 Å². The van der Waals surface area contributed by atoms with E-state index in [9.17, 15) is 14.0 Å². The number of carbonyl (C=O) groups is 2. The Morgan fingerprint density at radius 3 is 3.04 bits per heavy atom. The predicted octanol–water partition coefficient (Wildman–Crippen LogP) is 1.87. The van der Waals surface area contributed by atoms with Crippen molar-refractivity contribution < 1.29 is 18.7 Å². The van der Waals surface area contributed by atoms with Gasteiger partial charge in [-0.05, 0) is 17.7 Å². The zero-order chi connectivity index (χ0) is 18.4. The van der Waals surface area contributed by atoms with Crippen LogP contribution in [0.2, 0.25) is 0 Å². The number of rotatable bonds is 6. The van der Waals surface area contributed by atoms with Crippen molar-refractivity contribution in [2.24, 2.45) is 0 Å². The molecule has 7 nitrogen and oxygen atoms in total. The first-order valence-electron chi connectivity index (χ1n) is 8.30. The summed E-state index contributed by atoms with van der Waals surface area (Å²) in [5.74, 6) is -0.641. The zero-order valence-electron chi connectivity index (χ0n) is 14.1. The molecule has 2 heterocycles. The first-order valence-corrected chi connectivity index (χ1v) is 9.18. The second-order valence-electron chi connectivity index (χ2n) is 5.96. The number of aromatic nitrogens is 2. The number of ether oxygens (including phenoxy) is 1. The van der Waals surface area contributed by atoms with Crippen LogP contribution in [0.5, 0.6) is 0 Å². The van der Waals surface area contributed by atoms with Gasteiger partial charge in [-0.3, -0.25) is 9.59 Å². The van der Waals surface area contributed by atoms with Crippen LogP contribution < -0.4 is 5.32 Å². The van der Waals surface area contributed by atoms with Crippen LogP contribution in [0.25, 0.3) is 0 Å². The molecular formula is C17H19FN4O3S. The van der Waals surface area contributed by atoms with E-state index in [-0.39, 0.29) is 36.6 Å². The van der Waals surface area contributed by atoms with Crippen molar-refractivity contribution in [2.45, 2.75) is 25.4 Å². The minimum Gasteiger partial charge on any atom is -0.374 e. The minimum absolute atomic E-state index is 0.0876. The number of halogens is 1. The van der Waals surface area contributed by atoms with Gasteiger partial charge in [0, 0.05) is 32.4 Å². The van der Waals surface area contributed by atoms with Gasteiger partial charge in [0.15, 0.2) is 0 Å². The van der Waals surface area contributed by atoms with Crippen molar-refractivity contribution in [1.82, 2.24) is 15.1 Å². The molecule has 1 atom stereocenters. The minimum atomic E-state index is -0.285. The Bertz CT molecular complexity index is 756. The van der Waals surface area contributed by atoms with Crippen LogP contribution in [-0.2, 0) is 20.7 Å². The van der Waals surface area contributed by atoms with Crippen molar-refractivity contribution >= 4 is 28.3 Å². The molecule has 0 spiro atoms. The molecule has 138 valence electrons. The van der Waals surface area contributed by atoms with Gasteiger partial charge < -0.3 is 15.0 Å². The Kier molecular flexibility index (Phi) is 6.24. The van der Waals surface area contributed by atoms with Crippen molar-refractivity contribution in [3.8, 4) is 0 Å². The van der Waals surface area contributed by atoms with E-state index in [0.29, 0.717) is 31.2 Å². The Morgan fingerprint density at radius 1 is 1.38 bits per heavy atom. The second kappa shape index (κ2) is 8.81. The third-order valence-corrected chi connectivity index (χ3v) is 4.62. The zero-order valence-corrected chi connectivity index (χ0v) is 14.9. The van der Waals surface area contributed by atoms with E-state index >= 15 is 0 Å². The summed E-state index contributed by atoms with van der Waals surface area (Å²) in [6.45, 7) is 1.37. The summed E-state index contributed by atoms with van der Waals surface area (Å²) in [7, 11) is 0. The lowest BCUT2D eigenvalue weighted by molar-refractivity contribution is -0.139. The largest absolute Gasteiger partial charge is 0.374 e. The summed E-state index contributed by atoms with van der Waals surface area (Å²) >= 11 is 1.22. The highest BCUT2D eigenvalue weighted by Crippen LogP contribution is 2.15. The molecule has 9 heteroatoms. The maximum Gasteiger partial charge on any atom is 0.226 e. The predicted molar refractivity (Wildman–Crippen MR) is 94.2 cm³/mol. The molecule has 1 aliphatic rings. The molecule has 1 aliphatic heterocycles. The standard InChI is InChI=1S/C17H19FN4O3S/c18-13-3-1-2-12(8-13)9-14-10-22(6-7-25-14)16(24)5-4-15(23)20-17-21-19-11-26-17/h1-3,8,11,14H,4-7,9-10H2,(H,20,21,23)/t14-/m0/s1. The van der Waals surface area contributed by atoms with Gasteiger partial charge in [0.05, 0.1) is 12.7 Å². The fourth-order valence-electron chi connectivity index (χ4n) is 2.78. The van der Waals surface area contributed by atoms with Crippen LogP contribution >= 0.6 is 11.3 Å². The summed E-state index contributed by atoms with van der Waals surface area (Å²) in [6.07, 6.45) is 0.575. The monoisotopic (exact) mass is 378 g/mol. The van der Waals surface area contributed by atoms with E-state index in [1.807, 2.05) is 6.07 Å². The highest BCUT2D eigenvalue weighted by atomic mass is 32.1. The fourth-order valence-corrected chi connectivity index (χ4v) is 3.25. The molecule has 0 saturated carbocycles. The molecule has 0 bridgehead atoms. The van der Waals surface area contributed by atoms with E-state index in [2.05, 4.69) is 15.5 Å². The van der Waals surface area contributed by atoms with Gasteiger partial charge in [-0.25, -0.2) is 4.39 Å². The van der Waals surface area contributed by atoms with Crippen molar-refractivity contribution in [3.63, 3.8) is 0 Å². The molecule has 2 amide bonds. The maximum absolute atomic E-state index is 13.3. The topological polar surface area (TPSA) is 84.4 Å². The lowest BCUT2D eigenvalue weighted by Gasteiger charge is -2.33. The van der Waals surface area contributed by atoms with Crippen molar-refractivity contribution in [2.75, 3.05) is 25.0 Å². The van der Waals surface area contributed by atoms with Gasteiger partial charge in [-0.1, -0.05) is 23.5 Å². The summed E-state index contributed by atoms with van der Waals surface area (Å²) in [5, 5.41) is 10.4. The molecule has 1 aromatic heterocycles. The van der Waals surface area contributed by atoms with Gasteiger partial charge in [-0.15, -0.1) is 10.2 Å². The first-order chi connectivity index (χ1) is 12.6. The molecule has 0 radical (unpaired) electrons. The fraction of sp³-hybridized carbons (Fsp3) is 0.412. The highest BCUT2D eigenvalue weighted by molar-refractivity contribution is 7.13. The van der Waals surface area contributed by atoms with Gasteiger partial charge in [0.25, 0.3) is 0 Å². The summed E-state index contributed by atoms with van der Waals surface area (Å²) < 4.78 is 19.0.